The van der Waals surface area contributed by atoms with Crippen LogP contribution in [0.15, 0.2) is 103 Å². The van der Waals surface area contributed by atoms with E-state index in [0.717, 1.165) is 32.7 Å². The van der Waals surface area contributed by atoms with Gasteiger partial charge in [0.05, 0.1) is 6.85 Å². The molecule has 5 aromatic rings. The van der Waals surface area contributed by atoms with Crippen molar-refractivity contribution in [2.75, 3.05) is 0 Å². The first-order valence-corrected chi connectivity index (χ1v) is 9.28. The van der Waals surface area contributed by atoms with Crippen LogP contribution in [0.1, 0.15) is 6.85 Å². The van der Waals surface area contributed by atoms with Gasteiger partial charge in [0.15, 0.2) is 0 Å². The second-order valence-electron chi connectivity index (χ2n) is 6.83. The van der Waals surface area contributed by atoms with Crippen LogP contribution in [0.25, 0.3) is 43.8 Å². The Kier molecular flexibility index (Phi) is 3.22. The number of benzene rings is 5. The van der Waals surface area contributed by atoms with Crippen LogP contribution < -0.4 is 5.46 Å². The van der Waals surface area contributed by atoms with Crippen molar-refractivity contribution in [3.63, 3.8) is 0 Å². The fraction of sp³-hybridized carbons (Fsp3) is 0. The Morgan fingerprint density at radius 2 is 1.03 bits per heavy atom. The Bertz CT molecular complexity index is 1500. The summed E-state index contributed by atoms with van der Waals surface area (Å²) in [4.78, 5) is 0. The van der Waals surface area contributed by atoms with E-state index in [1.807, 2.05) is 60.7 Å². The standard InChI is InChI=1S/C26H19BO2/c28-27(29)26-23-12-6-4-10-21(23)25(22-11-5-7-13-24(22)26)20-16-14-19(15-17-20)18-8-2-1-3-9-18/h1-17,28-29H/i1D,2D,3D,8D,9D. The van der Waals surface area contributed by atoms with Gasteiger partial charge in [0, 0.05) is 0 Å². The number of rotatable bonds is 3. The second-order valence-corrected chi connectivity index (χ2v) is 6.83. The third kappa shape index (κ3) is 3.01. The summed E-state index contributed by atoms with van der Waals surface area (Å²) in [5.74, 6) is 0. The molecule has 0 bridgehead atoms. The molecule has 0 radical (unpaired) electrons. The van der Waals surface area contributed by atoms with Gasteiger partial charge in [-0.3, -0.25) is 0 Å². The molecule has 0 atom stereocenters. The molecule has 0 unspecified atom stereocenters. The van der Waals surface area contributed by atoms with Crippen LogP contribution in [0.2, 0.25) is 0 Å². The predicted molar refractivity (Wildman–Crippen MR) is 122 cm³/mol. The molecule has 5 aromatic carbocycles. The molecule has 0 fully saturated rings. The van der Waals surface area contributed by atoms with E-state index in [1.54, 1.807) is 12.1 Å². The largest absolute Gasteiger partial charge is 0.489 e. The first-order valence-electron chi connectivity index (χ1n) is 11.8. The van der Waals surface area contributed by atoms with E-state index >= 15 is 0 Å². The highest BCUT2D eigenvalue weighted by atomic mass is 16.4. The zero-order valence-corrected chi connectivity index (χ0v) is 15.4. The van der Waals surface area contributed by atoms with Crippen molar-refractivity contribution >= 4 is 34.1 Å². The van der Waals surface area contributed by atoms with Crippen molar-refractivity contribution in [2.24, 2.45) is 0 Å². The van der Waals surface area contributed by atoms with E-state index in [0.29, 0.717) is 11.0 Å². The first-order chi connectivity index (χ1) is 16.3. The van der Waals surface area contributed by atoms with Crippen LogP contribution in [-0.2, 0) is 0 Å². The zero-order chi connectivity index (χ0) is 24.1. The average molecular weight is 379 g/mol. The average Bonchev–Trinajstić information content (AvgIpc) is 2.85. The van der Waals surface area contributed by atoms with Crippen molar-refractivity contribution in [1.29, 1.82) is 0 Å². The van der Waals surface area contributed by atoms with Crippen molar-refractivity contribution < 1.29 is 16.9 Å². The Morgan fingerprint density at radius 1 is 0.552 bits per heavy atom. The van der Waals surface area contributed by atoms with E-state index in [-0.39, 0.29) is 29.7 Å². The van der Waals surface area contributed by atoms with Gasteiger partial charge in [-0.1, -0.05) is 103 Å². The Balaban J connectivity index is 1.77. The van der Waals surface area contributed by atoms with Crippen molar-refractivity contribution in [3.8, 4) is 22.3 Å². The Morgan fingerprint density at radius 3 is 1.55 bits per heavy atom. The molecule has 0 aliphatic carbocycles. The van der Waals surface area contributed by atoms with E-state index in [4.69, 9.17) is 6.85 Å². The van der Waals surface area contributed by atoms with Gasteiger partial charge in [-0.25, -0.2) is 0 Å². The molecule has 0 saturated heterocycles. The lowest BCUT2D eigenvalue weighted by Crippen LogP contribution is -2.31. The molecule has 0 aliphatic rings. The van der Waals surface area contributed by atoms with Gasteiger partial charge in [-0.15, -0.1) is 0 Å². The molecule has 0 saturated carbocycles. The maximum absolute atomic E-state index is 10.1. The highest BCUT2D eigenvalue weighted by Crippen LogP contribution is 2.36. The second kappa shape index (κ2) is 7.21. The Labute approximate surface area is 176 Å². The maximum atomic E-state index is 10.1. The summed E-state index contributed by atoms with van der Waals surface area (Å²) in [6, 6.07) is 20.7. The molecule has 2 N–H and O–H groups in total. The highest BCUT2D eigenvalue weighted by molar-refractivity contribution is 6.66. The van der Waals surface area contributed by atoms with Gasteiger partial charge >= 0.3 is 7.12 Å². The molecule has 0 heterocycles. The maximum Gasteiger partial charge on any atom is 0.489 e. The molecule has 29 heavy (non-hydrogen) atoms. The lowest BCUT2D eigenvalue weighted by Gasteiger charge is -2.17. The molecule has 0 spiro atoms. The number of hydrogen-bond acceptors (Lipinski definition) is 2. The Hall–Kier alpha value is -3.40. The third-order valence-corrected chi connectivity index (χ3v) is 5.19. The summed E-state index contributed by atoms with van der Waals surface area (Å²) in [6.07, 6.45) is 0. The first kappa shape index (κ1) is 12.9. The molecule has 5 rings (SSSR count). The van der Waals surface area contributed by atoms with Gasteiger partial charge in [0.25, 0.3) is 0 Å². The van der Waals surface area contributed by atoms with Crippen LogP contribution in [0.4, 0.5) is 0 Å². The quantitative estimate of drug-likeness (QED) is 0.342. The smallest absolute Gasteiger partial charge is 0.423 e. The molecule has 0 aromatic heterocycles. The topological polar surface area (TPSA) is 40.5 Å². The summed E-state index contributed by atoms with van der Waals surface area (Å²) in [5.41, 5.74) is 2.92. The van der Waals surface area contributed by atoms with Gasteiger partial charge in [-0.2, -0.15) is 0 Å². The van der Waals surface area contributed by atoms with Crippen LogP contribution in [0.5, 0.6) is 0 Å². The summed E-state index contributed by atoms with van der Waals surface area (Å²) in [6.45, 7) is 0. The molecule has 2 nitrogen and oxygen atoms in total. The van der Waals surface area contributed by atoms with E-state index in [9.17, 15) is 10.0 Å². The van der Waals surface area contributed by atoms with Crippen molar-refractivity contribution in [1.82, 2.24) is 0 Å². The summed E-state index contributed by atoms with van der Waals surface area (Å²) < 4.78 is 40.2. The van der Waals surface area contributed by atoms with Crippen LogP contribution in [-0.4, -0.2) is 17.2 Å². The fourth-order valence-corrected chi connectivity index (χ4v) is 3.95. The monoisotopic (exact) mass is 379 g/mol. The zero-order valence-electron chi connectivity index (χ0n) is 20.4. The fourth-order valence-electron chi connectivity index (χ4n) is 3.95. The van der Waals surface area contributed by atoms with Gasteiger partial charge in [0.1, 0.15) is 0 Å². The number of fused-ring (bicyclic) bond motifs is 2. The van der Waals surface area contributed by atoms with E-state index in [1.165, 1.54) is 0 Å². The normalized spacial score (nSPS) is 13.5. The molecular weight excluding hydrogens is 355 g/mol. The van der Waals surface area contributed by atoms with E-state index < -0.39 is 13.2 Å². The SMILES string of the molecule is [2H]c1c([2H])c([2H])c(-c2ccc(-c3c4ccccc4c(B(O)O)c4ccccc34)cc2)c([2H])c1[2H]. The molecular formula is C26H19BO2. The highest BCUT2D eigenvalue weighted by Gasteiger charge is 2.22. The van der Waals surface area contributed by atoms with Gasteiger partial charge in [-0.05, 0) is 49.3 Å². The predicted octanol–water partition coefficient (Wildman–Crippen LogP) is 5.01. The molecule has 0 aliphatic heterocycles. The van der Waals surface area contributed by atoms with Gasteiger partial charge < -0.3 is 10.0 Å². The van der Waals surface area contributed by atoms with E-state index in [2.05, 4.69) is 0 Å². The summed E-state index contributed by atoms with van der Waals surface area (Å²) in [7, 11) is -1.63. The lowest BCUT2D eigenvalue weighted by atomic mass is 9.72. The minimum Gasteiger partial charge on any atom is -0.423 e. The number of hydrogen-bond donors (Lipinski definition) is 2. The third-order valence-electron chi connectivity index (χ3n) is 5.19. The van der Waals surface area contributed by atoms with Crippen LogP contribution in [0, 0.1) is 0 Å². The summed E-state index contributed by atoms with van der Waals surface area (Å²) >= 11 is 0. The molecule has 0 amide bonds. The van der Waals surface area contributed by atoms with Crippen LogP contribution >= 0.6 is 0 Å². The summed E-state index contributed by atoms with van der Waals surface area (Å²) in [5, 5.41) is 23.5. The van der Waals surface area contributed by atoms with Crippen molar-refractivity contribution in [3.05, 3.63) is 103 Å². The van der Waals surface area contributed by atoms with Gasteiger partial charge in [0.2, 0.25) is 0 Å². The minimum absolute atomic E-state index is 0.158. The minimum atomic E-state index is -1.63. The molecule has 3 heteroatoms. The van der Waals surface area contributed by atoms with Crippen LogP contribution in [0.3, 0.4) is 0 Å². The van der Waals surface area contributed by atoms with Crippen molar-refractivity contribution in [2.45, 2.75) is 0 Å². The molecule has 138 valence electrons. The lowest BCUT2D eigenvalue weighted by molar-refractivity contribution is 0.426.